The molecule has 0 saturated carbocycles. The summed E-state index contributed by atoms with van der Waals surface area (Å²) >= 11 is 1.37. The van der Waals surface area contributed by atoms with Gasteiger partial charge in [0, 0.05) is 11.5 Å². The van der Waals surface area contributed by atoms with Crippen LogP contribution in [0.1, 0.15) is 5.69 Å². The Balaban J connectivity index is 2.48. The number of hydrogen-bond acceptors (Lipinski definition) is 3. The molecule has 0 aliphatic carbocycles. The molecule has 1 N–H and O–H groups in total. The first kappa shape index (κ1) is 8.90. The van der Waals surface area contributed by atoms with Crippen molar-refractivity contribution in [2.24, 2.45) is 0 Å². The first-order chi connectivity index (χ1) is 6.77. The van der Waals surface area contributed by atoms with Gasteiger partial charge in [-0.2, -0.15) is 4.37 Å². The summed E-state index contributed by atoms with van der Waals surface area (Å²) in [5.41, 5.74) is 0.716. The van der Waals surface area contributed by atoms with Crippen LogP contribution in [0, 0.1) is 0 Å². The van der Waals surface area contributed by atoms with Gasteiger partial charge in [0.2, 0.25) is 0 Å². The summed E-state index contributed by atoms with van der Waals surface area (Å²) in [7, 11) is 0. The summed E-state index contributed by atoms with van der Waals surface area (Å²) in [6.07, 6.45) is 2.61. The SMILES string of the molecule is O=C(O)/C=C/c1nsc2ccccc12. The molecule has 0 amide bonds. The van der Waals surface area contributed by atoms with E-state index in [4.69, 9.17) is 5.11 Å². The van der Waals surface area contributed by atoms with Crippen LogP contribution in [0.2, 0.25) is 0 Å². The molecule has 1 heterocycles. The number of carboxylic acids is 1. The van der Waals surface area contributed by atoms with E-state index >= 15 is 0 Å². The molecule has 4 heteroatoms. The van der Waals surface area contributed by atoms with Crippen molar-refractivity contribution in [3.8, 4) is 0 Å². The topological polar surface area (TPSA) is 50.2 Å². The van der Waals surface area contributed by atoms with Crippen molar-refractivity contribution < 1.29 is 9.90 Å². The second kappa shape index (κ2) is 3.59. The molecule has 0 aliphatic heterocycles. The molecule has 0 bridgehead atoms. The smallest absolute Gasteiger partial charge is 0.328 e. The number of aliphatic carboxylic acids is 1. The Morgan fingerprint density at radius 3 is 3.00 bits per heavy atom. The fourth-order valence-electron chi connectivity index (χ4n) is 1.18. The van der Waals surface area contributed by atoms with Crippen LogP contribution in [0.4, 0.5) is 0 Å². The van der Waals surface area contributed by atoms with Gasteiger partial charge < -0.3 is 5.11 Å². The van der Waals surface area contributed by atoms with Crippen LogP contribution in [0.5, 0.6) is 0 Å². The first-order valence-corrected chi connectivity index (χ1v) is 4.80. The van der Waals surface area contributed by atoms with Crippen molar-refractivity contribution >= 4 is 33.7 Å². The van der Waals surface area contributed by atoms with Gasteiger partial charge in [0.1, 0.15) is 0 Å². The maximum Gasteiger partial charge on any atom is 0.328 e. The average Bonchev–Trinajstić information content (AvgIpc) is 2.58. The number of aromatic nitrogens is 1. The van der Waals surface area contributed by atoms with Gasteiger partial charge in [-0.25, -0.2) is 4.79 Å². The normalized spacial score (nSPS) is 11.1. The minimum Gasteiger partial charge on any atom is -0.478 e. The molecule has 0 fully saturated rings. The highest BCUT2D eigenvalue weighted by atomic mass is 32.1. The molecule has 1 aromatic heterocycles. The average molecular weight is 205 g/mol. The lowest BCUT2D eigenvalue weighted by atomic mass is 10.2. The molecule has 0 atom stereocenters. The second-order valence-corrected chi connectivity index (χ2v) is 3.54. The zero-order valence-corrected chi connectivity index (χ0v) is 7.99. The van der Waals surface area contributed by atoms with Gasteiger partial charge in [0.15, 0.2) is 0 Å². The fourth-order valence-corrected chi connectivity index (χ4v) is 1.94. The Morgan fingerprint density at radius 2 is 2.21 bits per heavy atom. The molecule has 1 aromatic carbocycles. The molecule has 0 radical (unpaired) electrons. The first-order valence-electron chi connectivity index (χ1n) is 4.03. The monoisotopic (exact) mass is 205 g/mol. The van der Waals surface area contributed by atoms with E-state index in [1.54, 1.807) is 0 Å². The van der Waals surface area contributed by atoms with Crippen molar-refractivity contribution in [2.75, 3.05) is 0 Å². The lowest BCUT2D eigenvalue weighted by molar-refractivity contribution is -0.131. The maximum absolute atomic E-state index is 10.3. The van der Waals surface area contributed by atoms with Gasteiger partial charge in [-0.05, 0) is 23.7 Å². The number of benzene rings is 1. The van der Waals surface area contributed by atoms with E-state index in [0.29, 0.717) is 5.69 Å². The number of fused-ring (bicyclic) bond motifs is 1. The molecular weight excluding hydrogens is 198 g/mol. The van der Waals surface area contributed by atoms with Crippen molar-refractivity contribution in [3.05, 3.63) is 36.0 Å². The Hall–Kier alpha value is -1.68. The Morgan fingerprint density at radius 1 is 1.43 bits per heavy atom. The zero-order valence-electron chi connectivity index (χ0n) is 7.18. The summed E-state index contributed by atoms with van der Waals surface area (Å²) < 4.78 is 5.23. The minimum atomic E-state index is -0.956. The van der Waals surface area contributed by atoms with Gasteiger partial charge in [0.05, 0.1) is 10.4 Å². The highest BCUT2D eigenvalue weighted by Gasteiger charge is 2.01. The van der Waals surface area contributed by atoms with Crippen molar-refractivity contribution in [3.63, 3.8) is 0 Å². The van der Waals surface area contributed by atoms with Gasteiger partial charge in [-0.1, -0.05) is 18.2 Å². The molecule has 70 valence electrons. The van der Waals surface area contributed by atoms with Crippen LogP contribution in [-0.4, -0.2) is 15.4 Å². The van der Waals surface area contributed by atoms with E-state index in [2.05, 4.69) is 4.37 Å². The van der Waals surface area contributed by atoms with Gasteiger partial charge in [-0.3, -0.25) is 0 Å². The maximum atomic E-state index is 10.3. The van der Waals surface area contributed by atoms with E-state index in [1.165, 1.54) is 17.6 Å². The van der Waals surface area contributed by atoms with Crippen LogP contribution in [0.25, 0.3) is 16.2 Å². The Kier molecular flexibility index (Phi) is 2.28. The van der Waals surface area contributed by atoms with Crippen LogP contribution in [-0.2, 0) is 4.79 Å². The molecule has 0 aliphatic rings. The molecule has 3 nitrogen and oxygen atoms in total. The molecule has 0 spiro atoms. The highest BCUT2D eigenvalue weighted by molar-refractivity contribution is 7.13. The van der Waals surface area contributed by atoms with E-state index in [0.717, 1.165) is 16.2 Å². The van der Waals surface area contributed by atoms with Gasteiger partial charge in [-0.15, -0.1) is 0 Å². The van der Waals surface area contributed by atoms with Crippen LogP contribution < -0.4 is 0 Å². The predicted molar refractivity (Wildman–Crippen MR) is 56.3 cm³/mol. The molecule has 2 aromatic rings. The van der Waals surface area contributed by atoms with E-state index in [1.807, 2.05) is 24.3 Å². The molecule has 2 rings (SSSR count). The third-order valence-corrected chi connectivity index (χ3v) is 2.63. The predicted octanol–water partition coefficient (Wildman–Crippen LogP) is 2.39. The zero-order chi connectivity index (χ0) is 9.97. The summed E-state index contributed by atoms with van der Waals surface area (Å²) in [5.74, 6) is -0.956. The summed E-state index contributed by atoms with van der Waals surface area (Å²) in [5, 5.41) is 9.47. The summed E-state index contributed by atoms with van der Waals surface area (Å²) in [6, 6.07) is 7.74. The quantitative estimate of drug-likeness (QED) is 0.766. The Labute approximate surface area is 84.5 Å². The lowest BCUT2D eigenvalue weighted by Gasteiger charge is -1.87. The van der Waals surface area contributed by atoms with Gasteiger partial charge in [0.25, 0.3) is 0 Å². The number of nitrogens with zero attached hydrogens (tertiary/aromatic N) is 1. The minimum absolute atomic E-state index is 0.716. The lowest BCUT2D eigenvalue weighted by Crippen LogP contribution is -1.85. The van der Waals surface area contributed by atoms with Crippen molar-refractivity contribution in [1.29, 1.82) is 0 Å². The van der Waals surface area contributed by atoms with E-state index in [-0.39, 0.29) is 0 Å². The van der Waals surface area contributed by atoms with Crippen molar-refractivity contribution in [2.45, 2.75) is 0 Å². The Bertz CT molecular complexity index is 502. The molecule has 14 heavy (non-hydrogen) atoms. The van der Waals surface area contributed by atoms with E-state index < -0.39 is 5.97 Å². The van der Waals surface area contributed by atoms with Crippen LogP contribution >= 0.6 is 11.5 Å². The standard InChI is InChI=1S/C10H7NO2S/c12-10(13)6-5-8-7-3-1-2-4-9(7)14-11-8/h1-6H,(H,12,13)/b6-5+. The largest absolute Gasteiger partial charge is 0.478 e. The number of rotatable bonds is 2. The van der Waals surface area contributed by atoms with Gasteiger partial charge >= 0.3 is 5.97 Å². The second-order valence-electron chi connectivity index (χ2n) is 2.74. The molecule has 0 unspecified atom stereocenters. The van der Waals surface area contributed by atoms with Crippen LogP contribution in [0.15, 0.2) is 30.3 Å². The number of carboxylic acid groups (broad SMARTS) is 1. The fraction of sp³-hybridized carbons (Fsp3) is 0. The third kappa shape index (κ3) is 1.65. The van der Waals surface area contributed by atoms with E-state index in [9.17, 15) is 4.79 Å². The number of hydrogen-bond donors (Lipinski definition) is 1. The summed E-state index contributed by atoms with van der Waals surface area (Å²) in [4.78, 5) is 10.3. The molecule has 0 saturated heterocycles. The number of carbonyl (C=O) groups is 1. The summed E-state index contributed by atoms with van der Waals surface area (Å²) in [6.45, 7) is 0. The van der Waals surface area contributed by atoms with Crippen LogP contribution in [0.3, 0.4) is 0 Å². The highest BCUT2D eigenvalue weighted by Crippen LogP contribution is 2.22. The third-order valence-electron chi connectivity index (χ3n) is 1.79. The van der Waals surface area contributed by atoms with Crippen molar-refractivity contribution in [1.82, 2.24) is 4.37 Å². The molecular formula is C10H7NO2S.